The number of halogens is 5. The van der Waals surface area contributed by atoms with Gasteiger partial charge in [0.2, 0.25) is 0 Å². The molecule has 0 unspecified atom stereocenters. The summed E-state index contributed by atoms with van der Waals surface area (Å²) in [4.78, 5) is 12.1. The number of carbonyl (C=O) groups excluding carboxylic acids is 1. The second kappa shape index (κ2) is 10.7. The molecule has 7 nitrogen and oxygen atoms in total. The van der Waals surface area contributed by atoms with E-state index in [1.54, 1.807) is 12.1 Å². The number of benzene rings is 3. The number of alkyl halides is 3. The summed E-state index contributed by atoms with van der Waals surface area (Å²) in [6, 6.07) is 13.7. The van der Waals surface area contributed by atoms with Gasteiger partial charge in [0.1, 0.15) is 11.6 Å². The van der Waals surface area contributed by atoms with Crippen LogP contribution in [0.5, 0.6) is 5.75 Å². The Labute approximate surface area is 202 Å². The largest absolute Gasteiger partial charge is 0.573 e. The third-order valence-electron chi connectivity index (χ3n) is 4.30. The summed E-state index contributed by atoms with van der Waals surface area (Å²) in [6.07, 6.45) is -4.86. The monoisotopic (exact) mass is 529 g/mol. The molecular formula is C22H16ClF4N3O4S. The predicted octanol–water partition coefficient (Wildman–Crippen LogP) is 5.38. The Hall–Kier alpha value is -3.64. The van der Waals surface area contributed by atoms with Gasteiger partial charge in [0.05, 0.1) is 16.4 Å². The first-order chi connectivity index (χ1) is 16.4. The Morgan fingerprint density at radius 2 is 1.66 bits per heavy atom. The Kier molecular flexibility index (Phi) is 7.97. The fourth-order valence-corrected chi connectivity index (χ4v) is 4.27. The molecule has 13 heteroatoms. The van der Waals surface area contributed by atoms with E-state index in [0.29, 0.717) is 10.6 Å². The highest BCUT2D eigenvalue weighted by atomic mass is 35.5. The molecule has 3 aromatic rings. The Morgan fingerprint density at radius 1 is 1.00 bits per heavy atom. The van der Waals surface area contributed by atoms with Gasteiger partial charge in [-0.1, -0.05) is 23.7 Å². The summed E-state index contributed by atoms with van der Waals surface area (Å²) >= 11 is 5.99. The van der Waals surface area contributed by atoms with Gasteiger partial charge in [-0.15, -0.1) is 13.2 Å². The minimum atomic E-state index is -4.86. The van der Waals surface area contributed by atoms with Gasteiger partial charge in [-0.05, 0) is 60.7 Å². The number of urea groups is 1. The van der Waals surface area contributed by atoms with E-state index in [2.05, 4.69) is 20.6 Å². The standard InChI is InChI=1S/C22H16ClF4N3O4S/c23-15-3-1-2-14(12-15)20(13-35(32,33)19-10-4-16(24)5-11-19)29-30-21(31)28-17-6-8-18(9-7-17)34-22(25,26)27/h1-12H,13H2,(H2,28,30,31). The van der Waals surface area contributed by atoms with Crippen LogP contribution in [-0.4, -0.2) is 32.3 Å². The van der Waals surface area contributed by atoms with Crippen LogP contribution in [0, 0.1) is 5.82 Å². The van der Waals surface area contributed by atoms with Crippen molar-refractivity contribution in [3.8, 4) is 5.75 Å². The van der Waals surface area contributed by atoms with Gasteiger partial charge in [-0.3, -0.25) is 0 Å². The second-order valence-corrected chi connectivity index (χ2v) is 9.35. The summed E-state index contributed by atoms with van der Waals surface area (Å²) in [5, 5.41) is 6.53. The third kappa shape index (κ3) is 7.97. The zero-order chi connectivity index (χ0) is 25.6. The van der Waals surface area contributed by atoms with Crippen molar-refractivity contribution in [1.82, 2.24) is 5.43 Å². The Bertz CT molecular complexity index is 1330. The number of nitrogens with one attached hydrogen (secondary N) is 2. The van der Waals surface area contributed by atoms with Crippen LogP contribution in [0.1, 0.15) is 5.56 Å². The molecular weight excluding hydrogens is 514 g/mol. The van der Waals surface area contributed by atoms with E-state index >= 15 is 0 Å². The Balaban J connectivity index is 1.78. The van der Waals surface area contributed by atoms with Crippen LogP contribution in [0.15, 0.2) is 82.8 Å². The fraction of sp³-hybridized carbons (Fsp3) is 0.0909. The first-order valence-corrected chi connectivity index (χ1v) is 11.7. The molecule has 0 aliphatic rings. The van der Waals surface area contributed by atoms with Crippen LogP contribution in [0.25, 0.3) is 0 Å². The predicted molar refractivity (Wildman–Crippen MR) is 122 cm³/mol. The van der Waals surface area contributed by atoms with Crippen LogP contribution < -0.4 is 15.5 Å². The summed E-state index contributed by atoms with van der Waals surface area (Å²) < 4.78 is 79.3. The highest BCUT2D eigenvalue weighted by Crippen LogP contribution is 2.24. The zero-order valence-corrected chi connectivity index (χ0v) is 19.1. The van der Waals surface area contributed by atoms with E-state index in [9.17, 15) is 30.8 Å². The molecule has 0 saturated carbocycles. The first kappa shape index (κ1) is 26.0. The number of amides is 2. The zero-order valence-electron chi connectivity index (χ0n) is 17.5. The molecule has 0 heterocycles. The molecule has 0 aliphatic carbocycles. The molecule has 0 spiro atoms. The molecule has 0 saturated heterocycles. The van der Waals surface area contributed by atoms with Crippen molar-refractivity contribution < 1.29 is 35.5 Å². The lowest BCUT2D eigenvalue weighted by molar-refractivity contribution is -0.274. The molecule has 0 aromatic heterocycles. The molecule has 2 N–H and O–H groups in total. The summed E-state index contributed by atoms with van der Waals surface area (Å²) in [5.41, 5.74) is 2.50. The second-order valence-electron chi connectivity index (χ2n) is 6.92. The molecule has 35 heavy (non-hydrogen) atoms. The van der Waals surface area contributed by atoms with Gasteiger partial charge in [-0.25, -0.2) is 23.0 Å². The van der Waals surface area contributed by atoms with Crippen molar-refractivity contribution in [1.29, 1.82) is 0 Å². The van der Waals surface area contributed by atoms with E-state index < -0.39 is 39.6 Å². The minimum absolute atomic E-state index is 0.0686. The molecule has 3 aromatic carbocycles. The highest BCUT2D eigenvalue weighted by molar-refractivity contribution is 7.92. The van der Waals surface area contributed by atoms with Crippen LogP contribution in [-0.2, 0) is 9.84 Å². The van der Waals surface area contributed by atoms with Gasteiger partial charge in [-0.2, -0.15) is 5.10 Å². The van der Waals surface area contributed by atoms with Crippen molar-refractivity contribution in [2.24, 2.45) is 5.10 Å². The number of hydrazone groups is 1. The van der Waals surface area contributed by atoms with E-state index in [0.717, 1.165) is 36.4 Å². The lowest BCUT2D eigenvalue weighted by Gasteiger charge is -2.11. The summed E-state index contributed by atoms with van der Waals surface area (Å²) in [6.45, 7) is 0. The number of ether oxygens (including phenoxy) is 1. The van der Waals surface area contributed by atoms with Gasteiger partial charge in [0, 0.05) is 16.3 Å². The number of hydrogen-bond acceptors (Lipinski definition) is 5. The van der Waals surface area contributed by atoms with E-state index in [4.69, 9.17) is 11.6 Å². The number of sulfone groups is 1. The van der Waals surface area contributed by atoms with Crippen molar-refractivity contribution in [2.45, 2.75) is 11.3 Å². The average molecular weight is 530 g/mol. The minimum Gasteiger partial charge on any atom is -0.406 e. The Morgan fingerprint density at radius 3 is 2.26 bits per heavy atom. The molecule has 3 rings (SSSR count). The maximum absolute atomic E-state index is 13.2. The number of carbonyl (C=O) groups is 1. The molecule has 184 valence electrons. The molecule has 0 radical (unpaired) electrons. The third-order valence-corrected chi connectivity index (χ3v) is 6.17. The lowest BCUT2D eigenvalue weighted by Crippen LogP contribution is -2.28. The molecule has 0 bridgehead atoms. The van der Waals surface area contributed by atoms with Crippen LogP contribution in [0.4, 0.5) is 28.0 Å². The SMILES string of the molecule is O=C(NN=C(CS(=O)(=O)c1ccc(F)cc1)c1cccc(Cl)c1)Nc1ccc(OC(F)(F)F)cc1. The summed E-state index contributed by atoms with van der Waals surface area (Å²) in [5.74, 6) is -1.73. The summed E-state index contributed by atoms with van der Waals surface area (Å²) in [7, 11) is -3.98. The normalized spacial score (nSPS) is 12.2. The van der Waals surface area contributed by atoms with Crippen LogP contribution >= 0.6 is 11.6 Å². The van der Waals surface area contributed by atoms with Crippen molar-refractivity contribution >= 4 is 38.9 Å². The average Bonchev–Trinajstić information content (AvgIpc) is 2.77. The number of rotatable bonds is 7. The van der Waals surface area contributed by atoms with Crippen LogP contribution in [0.2, 0.25) is 5.02 Å². The van der Waals surface area contributed by atoms with Crippen molar-refractivity contribution in [3.63, 3.8) is 0 Å². The van der Waals surface area contributed by atoms with Gasteiger partial charge >= 0.3 is 12.4 Å². The highest BCUT2D eigenvalue weighted by Gasteiger charge is 2.31. The topological polar surface area (TPSA) is 96.9 Å². The van der Waals surface area contributed by atoms with Gasteiger partial charge in [0.15, 0.2) is 9.84 Å². The van der Waals surface area contributed by atoms with Gasteiger partial charge in [0.25, 0.3) is 0 Å². The lowest BCUT2D eigenvalue weighted by atomic mass is 10.1. The maximum Gasteiger partial charge on any atom is 0.573 e. The first-order valence-electron chi connectivity index (χ1n) is 9.65. The number of anilines is 1. The number of nitrogens with zero attached hydrogens (tertiary/aromatic N) is 1. The van der Waals surface area contributed by atoms with Crippen molar-refractivity contribution in [3.05, 3.63) is 89.2 Å². The smallest absolute Gasteiger partial charge is 0.406 e. The maximum atomic E-state index is 13.2. The molecule has 0 aliphatic heterocycles. The molecule has 2 amide bonds. The quantitative estimate of drug-likeness (QED) is 0.186. The fourth-order valence-electron chi connectivity index (χ4n) is 2.77. The van der Waals surface area contributed by atoms with E-state index in [1.165, 1.54) is 24.3 Å². The molecule has 0 fully saturated rings. The van der Waals surface area contributed by atoms with Gasteiger partial charge < -0.3 is 10.1 Å². The number of hydrogen-bond donors (Lipinski definition) is 2. The van der Waals surface area contributed by atoms with E-state index in [1.807, 2.05) is 0 Å². The van der Waals surface area contributed by atoms with E-state index in [-0.39, 0.29) is 16.3 Å². The van der Waals surface area contributed by atoms with Crippen LogP contribution in [0.3, 0.4) is 0 Å². The molecule has 0 atom stereocenters. The van der Waals surface area contributed by atoms with Crippen molar-refractivity contribution in [2.75, 3.05) is 11.1 Å².